The van der Waals surface area contributed by atoms with Gasteiger partial charge in [0, 0.05) is 13.6 Å². The number of ether oxygens (including phenoxy) is 1. The van der Waals surface area contributed by atoms with Crippen LogP contribution in [0.2, 0.25) is 0 Å². The number of likely N-dealkylation sites (N-methyl/N-ethyl adjacent to an activating group) is 1. The average molecular weight is 284 g/mol. The van der Waals surface area contributed by atoms with Gasteiger partial charge in [-0.1, -0.05) is 0 Å². The summed E-state index contributed by atoms with van der Waals surface area (Å²) in [6.07, 6.45) is -3.95. The van der Waals surface area contributed by atoms with Crippen molar-refractivity contribution in [1.82, 2.24) is 10.2 Å². The lowest BCUT2D eigenvalue weighted by Gasteiger charge is -2.28. The van der Waals surface area contributed by atoms with E-state index >= 15 is 0 Å². The van der Waals surface area contributed by atoms with E-state index in [-0.39, 0.29) is 25.5 Å². The molecule has 1 atom stereocenters. The average Bonchev–Trinajstić information content (AvgIpc) is 2.69. The summed E-state index contributed by atoms with van der Waals surface area (Å²) in [5.74, 6) is -0.345. The van der Waals surface area contributed by atoms with Gasteiger partial charge in [-0.3, -0.25) is 4.79 Å². The number of β-amino-alcohol motifs (C(OH)–C–C–N with tert-alkyl or cyclic N) is 1. The molecular weight excluding hydrogens is 265 g/mol. The molecule has 1 aliphatic heterocycles. The van der Waals surface area contributed by atoms with Crippen LogP contribution in [0, 0.1) is 0 Å². The molecule has 1 fully saturated rings. The third-order valence-corrected chi connectivity index (χ3v) is 2.90. The molecule has 5 nitrogen and oxygen atoms in total. The summed E-state index contributed by atoms with van der Waals surface area (Å²) in [7, 11) is 1.52. The highest BCUT2D eigenvalue weighted by molar-refractivity contribution is 5.76. The lowest BCUT2D eigenvalue weighted by molar-refractivity contribution is -0.175. The third kappa shape index (κ3) is 6.22. The molecule has 1 amide bonds. The van der Waals surface area contributed by atoms with Crippen LogP contribution in [0.15, 0.2) is 0 Å². The number of nitrogens with one attached hydrogen (secondary N) is 1. The molecule has 19 heavy (non-hydrogen) atoms. The Morgan fingerprint density at radius 2 is 2.21 bits per heavy atom. The van der Waals surface area contributed by atoms with E-state index in [1.54, 1.807) is 0 Å². The van der Waals surface area contributed by atoms with Gasteiger partial charge in [0.25, 0.3) is 0 Å². The number of hydrogen-bond acceptors (Lipinski definition) is 4. The number of amides is 1. The Balaban J connectivity index is 2.21. The fraction of sp³-hybridized carbons (Fsp3) is 0.909. The molecule has 1 saturated heterocycles. The van der Waals surface area contributed by atoms with E-state index in [0.29, 0.717) is 19.5 Å². The first-order valence-corrected chi connectivity index (χ1v) is 6.03. The first-order chi connectivity index (χ1) is 8.72. The van der Waals surface area contributed by atoms with Gasteiger partial charge in [0.05, 0.1) is 25.2 Å². The van der Waals surface area contributed by atoms with E-state index in [4.69, 9.17) is 0 Å². The summed E-state index contributed by atoms with van der Waals surface area (Å²) >= 11 is 0. The molecule has 8 heteroatoms. The zero-order valence-corrected chi connectivity index (χ0v) is 10.8. The third-order valence-electron chi connectivity index (χ3n) is 2.90. The highest BCUT2D eigenvalue weighted by Crippen LogP contribution is 2.16. The minimum atomic E-state index is -4.38. The number of carbonyl (C=O) groups is 1. The normalized spacial score (nSPS) is 23.6. The largest absolute Gasteiger partial charge is 0.411 e. The van der Waals surface area contributed by atoms with Crippen LogP contribution in [-0.4, -0.2) is 67.6 Å². The second-order valence-corrected chi connectivity index (χ2v) is 4.82. The van der Waals surface area contributed by atoms with Gasteiger partial charge in [0.1, 0.15) is 6.61 Å². The van der Waals surface area contributed by atoms with Gasteiger partial charge < -0.3 is 20.1 Å². The highest BCUT2D eigenvalue weighted by atomic mass is 19.4. The van der Waals surface area contributed by atoms with E-state index < -0.39 is 18.4 Å². The number of halogens is 3. The van der Waals surface area contributed by atoms with Gasteiger partial charge >= 0.3 is 6.18 Å². The molecule has 1 rings (SSSR count). The predicted octanol–water partition coefficient (Wildman–Crippen LogP) is 0.138. The summed E-state index contributed by atoms with van der Waals surface area (Å²) < 4.78 is 39.8. The van der Waals surface area contributed by atoms with E-state index in [0.717, 1.165) is 0 Å². The van der Waals surface area contributed by atoms with Crippen molar-refractivity contribution in [2.24, 2.45) is 0 Å². The van der Waals surface area contributed by atoms with Crippen molar-refractivity contribution in [3.05, 3.63) is 0 Å². The van der Waals surface area contributed by atoms with Crippen LogP contribution in [0.1, 0.15) is 12.8 Å². The van der Waals surface area contributed by atoms with Crippen molar-refractivity contribution in [3.63, 3.8) is 0 Å². The van der Waals surface area contributed by atoms with Crippen LogP contribution in [0.25, 0.3) is 0 Å². The van der Waals surface area contributed by atoms with Crippen LogP contribution < -0.4 is 5.32 Å². The second-order valence-electron chi connectivity index (χ2n) is 4.82. The molecule has 0 aliphatic carbocycles. The Bertz CT molecular complexity index is 304. The summed E-state index contributed by atoms with van der Waals surface area (Å²) in [4.78, 5) is 13.0. The smallest absolute Gasteiger partial charge is 0.387 e. The lowest BCUT2D eigenvalue weighted by atomic mass is 10.0. The number of nitrogens with zero attached hydrogens (tertiary/aromatic N) is 1. The molecule has 1 aliphatic rings. The van der Waals surface area contributed by atoms with Crippen molar-refractivity contribution in [2.45, 2.75) is 24.6 Å². The van der Waals surface area contributed by atoms with E-state index in [9.17, 15) is 23.1 Å². The van der Waals surface area contributed by atoms with Crippen molar-refractivity contribution in [1.29, 1.82) is 0 Å². The van der Waals surface area contributed by atoms with Gasteiger partial charge in [-0.2, -0.15) is 13.2 Å². The van der Waals surface area contributed by atoms with Gasteiger partial charge in [-0.25, -0.2) is 0 Å². The zero-order chi connectivity index (χ0) is 14.5. The number of carbonyl (C=O) groups excluding carboxylic acids is 1. The van der Waals surface area contributed by atoms with Gasteiger partial charge in [0.15, 0.2) is 0 Å². The summed E-state index contributed by atoms with van der Waals surface area (Å²) in [6.45, 7) is -0.363. The molecule has 0 aromatic rings. The van der Waals surface area contributed by atoms with Gasteiger partial charge in [-0.05, 0) is 13.0 Å². The molecular formula is C11H19F3N2O3. The number of aliphatic hydroxyl groups is 1. The molecule has 0 saturated carbocycles. The first kappa shape index (κ1) is 16.2. The Kier molecular flexibility index (Phi) is 5.57. The fourth-order valence-corrected chi connectivity index (χ4v) is 1.93. The minimum absolute atomic E-state index is 0.129. The first-order valence-electron chi connectivity index (χ1n) is 6.03. The Morgan fingerprint density at radius 3 is 2.74 bits per heavy atom. The Hall–Kier alpha value is -0.860. The topological polar surface area (TPSA) is 61.8 Å². The van der Waals surface area contributed by atoms with Crippen LogP contribution in [0.4, 0.5) is 13.2 Å². The van der Waals surface area contributed by atoms with Crippen molar-refractivity contribution < 1.29 is 27.8 Å². The molecule has 0 aromatic heterocycles. The SMILES string of the molecule is CN(CC1(O)CCNC1)C(=O)CCOCC(F)(F)F. The lowest BCUT2D eigenvalue weighted by Crippen LogP contribution is -2.45. The molecule has 1 unspecified atom stereocenters. The predicted molar refractivity (Wildman–Crippen MR) is 61.6 cm³/mol. The monoisotopic (exact) mass is 284 g/mol. The molecule has 112 valence electrons. The Labute approximate surface area is 109 Å². The summed E-state index contributed by atoms with van der Waals surface area (Å²) in [5, 5.41) is 13.0. The molecule has 0 bridgehead atoms. The second kappa shape index (κ2) is 6.53. The molecule has 0 aromatic carbocycles. The molecule has 1 heterocycles. The van der Waals surface area contributed by atoms with Crippen molar-refractivity contribution in [2.75, 3.05) is 39.9 Å². The molecule has 2 N–H and O–H groups in total. The van der Waals surface area contributed by atoms with Crippen LogP contribution in [-0.2, 0) is 9.53 Å². The maximum Gasteiger partial charge on any atom is 0.411 e. The van der Waals surface area contributed by atoms with E-state index in [1.165, 1.54) is 11.9 Å². The standard InChI is InChI=1S/C11H19F3N2O3/c1-16(7-10(18)3-4-15-6-10)9(17)2-5-19-8-11(12,13)14/h15,18H,2-8H2,1H3. The summed E-state index contributed by atoms with van der Waals surface area (Å²) in [5.41, 5.74) is -0.947. The summed E-state index contributed by atoms with van der Waals surface area (Å²) in [6, 6.07) is 0. The number of rotatable bonds is 6. The molecule has 0 radical (unpaired) electrons. The van der Waals surface area contributed by atoms with Crippen molar-refractivity contribution >= 4 is 5.91 Å². The molecule has 0 spiro atoms. The van der Waals surface area contributed by atoms with E-state index in [1.807, 2.05) is 0 Å². The van der Waals surface area contributed by atoms with E-state index in [2.05, 4.69) is 10.1 Å². The van der Waals surface area contributed by atoms with Crippen LogP contribution in [0.5, 0.6) is 0 Å². The number of hydrogen-bond donors (Lipinski definition) is 2. The fourth-order valence-electron chi connectivity index (χ4n) is 1.93. The van der Waals surface area contributed by atoms with Crippen LogP contribution >= 0.6 is 0 Å². The maximum absolute atomic E-state index is 11.8. The zero-order valence-electron chi connectivity index (χ0n) is 10.8. The van der Waals surface area contributed by atoms with Gasteiger partial charge in [0.2, 0.25) is 5.91 Å². The minimum Gasteiger partial charge on any atom is -0.387 e. The highest BCUT2D eigenvalue weighted by Gasteiger charge is 2.33. The van der Waals surface area contributed by atoms with Crippen molar-refractivity contribution in [3.8, 4) is 0 Å². The number of alkyl halides is 3. The quantitative estimate of drug-likeness (QED) is 0.681. The maximum atomic E-state index is 11.8. The van der Waals surface area contributed by atoms with Crippen LogP contribution in [0.3, 0.4) is 0 Å². The Morgan fingerprint density at radius 1 is 1.53 bits per heavy atom. The van der Waals surface area contributed by atoms with Gasteiger partial charge in [-0.15, -0.1) is 0 Å².